The predicted molar refractivity (Wildman–Crippen MR) is 111 cm³/mol. The van der Waals surface area contributed by atoms with Crippen LogP contribution in [0.5, 0.6) is 5.75 Å². The molecule has 0 saturated carbocycles. The molecule has 3 aromatic heterocycles. The minimum absolute atomic E-state index is 0.328. The number of methoxy groups -OCH3 is 1. The number of nitrogens with zero attached hydrogens (tertiary/aromatic N) is 5. The Hall–Kier alpha value is -3.27. The number of hydrogen-bond donors (Lipinski definition) is 1. The van der Waals surface area contributed by atoms with E-state index in [0.29, 0.717) is 41.5 Å². The zero-order valence-electron chi connectivity index (χ0n) is 16.1. The molecular formula is C19H20N6O3S. The van der Waals surface area contributed by atoms with Crippen molar-refractivity contribution >= 4 is 22.7 Å². The third-order valence-electron chi connectivity index (χ3n) is 4.73. The van der Waals surface area contributed by atoms with Gasteiger partial charge in [0.2, 0.25) is 0 Å². The number of rotatable bonds is 7. The van der Waals surface area contributed by atoms with E-state index >= 15 is 0 Å². The molecule has 29 heavy (non-hydrogen) atoms. The minimum atomic E-state index is -0.477. The Kier molecular flexibility index (Phi) is 5.26. The molecule has 0 atom stereocenters. The third kappa shape index (κ3) is 3.46. The van der Waals surface area contributed by atoms with Crippen LogP contribution in [0.1, 0.15) is 25.3 Å². The number of nitrogens with one attached hydrogen (secondary N) is 1. The van der Waals surface area contributed by atoms with Crippen molar-refractivity contribution in [3.05, 3.63) is 56.0 Å². The van der Waals surface area contributed by atoms with Gasteiger partial charge in [0.1, 0.15) is 11.4 Å². The number of hydrogen-bond acceptors (Lipinski definition) is 7. The Morgan fingerprint density at radius 1 is 1.21 bits per heavy atom. The van der Waals surface area contributed by atoms with Crippen LogP contribution in [0.2, 0.25) is 0 Å². The largest absolute Gasteiger partial charge is 0.496 e. The van der Waals surface area contributed by atoms with Crippen LogP contribution in [0.3, 0.4) is 0 Å². The fourth-order valence-electron chi connectivity index (χ4n) is 3.31. The summed E-state index contributed by atoms with van der Waals surface area (Å²) in [5.41, 5.74) is 1.18. The van der Waals surface area contributed by atoms with Gasteiger partial charge in [-0.1, -0.05) is 36.0 Å². The van der Waals surface area contributed by atoms with Crippen LogP contribution in [0.15, 0.2) is 39.2 Å². The highest BCUT2D eigenvalue weighted by Gasteiger charge is 2.21. The zero-order chi connectivity index (χ0) is 20.4. The summed E-state index contributed by atoms with van der Waals surface area (Å²) in [6, 6.07) is 7.58. The molecule has 10 heteroatoms. The molecule has 1 N–H and O–H groups in total. The van der Waals surface area contributed by atoms with Gasteiger partial charge in [0.05, 0.1) is 13.7 Å². The molecule has 4 aromatic rings. The lowest BCUT2D eigenvalue weighted by atomic mass is 10.2. The fraction of sp³-hybridized carbons (Fsp3) is 0.316. The van der Waals surface area contributed by atoms with Crippen molar-refractivity contribution in [2.75, 3.05) is 7.11 Å². The van der Waals surface area contributed by atoms with Gasteiger partial charge in [-0.2, -0.15) is 0 Å². The quantitative estimate of drug-likeness (QED) is 0.499. The van der Waals surface area contributed by atoms with E-state index in [1.165, 1.54) is 16.1 Å². The monoisotopic (exact) mass is 412 g/mol. The summed E-state index contributed by atoms with van der Waals surface area (Å²) >= 11 is 1.20. The van der Waals surface area contributed by atoms with Crippen molar-refractivity contribution in [1.82, 2.24) is 28.7 Å². The maximum Gasteiger partial charge on any atom is 0.330 e. The third-order valence-corrected chi connectivity index (χ3v) is 5.24. The molecule has 0 aliphatic rings. The van der Waals surface area contributed by atoms with Crippen LogP contribution in [0.25, 0.3) is 22.7 Å². The number of aromatic amines is 1. The second kappa shape index (κ2) is 8.00. The Bertz CT molecular complexity index is 1260. The molecule has 0 aliphatic heterocycles. The van der Waals surface area contributed by atoms with Crippen LogP contribution in [0, 0.1) is 0 Å². The van der Waals surface area contributed by atoms with Gasteiger partial charge in [0, 0.05) is 17.5 Å². The van der Waals surface area contributed by atoms with Crippen LogP contribution in [0.4, 0.5) is 0 Å². The lowest BCUT2D eigenvalue weighted by molar-refractivity contribution is 0.408. The molecule has 1 aromatic carbocycles. The molecule has 9 nitrogen and oxygen atoms in total. The van der Waals surface area contributed by atoms with E-state index in [1.807, 2.05) is 31.2 Å². The van der Waals surface area contributed by atoms with E-state index in [4.69, 9.17) is 4.74 Å². The lowest BCUT2D eigenvalue weighted by Crippen LogP contribution is -2.31. The van der Waals surface area contributed by atoms with E-state index in [2.05, 4.69) is 19.6 Å². The first-order chi connectivity index (χ1) is 14.1. The summed E-state index contributed by atoms with van der Waals surface area (Å²) in [5, 5.41) is 5.89. The van der Waals surface area contributed by atoms with Gasteiger partial charge in [-0.05, 0) is 24.0 Å². The van der Waals surface area contributed by atoms with Crippen LogP contribution in [-0.2, 0) is 13.1 Å². The number of imidazole rings is 1. The molecule has 0 bridgehead atoms. The van der Waals surface area contributed by atoms with Crippen molar-refractivity contribution < 1.29 is 4.74 Å². The molecular weight excluding hydrogens is 392 g/mol. The lowest BCUT2D eigenvalue weighted by Gasteiger charge is -2.11. The predicted octanol–water partition coefficient (Wildman–Crippen LogP) is 2.26. The Balaban J connectivity index is 1.99. The molecule has 0 radical (unpaired) electrons. The number of para-hydroxylation sites is 1. The second-order valence-corrected chi connectivity index (χ2v) is 7.17. The number of aromatic nitrogens is 6. The highest BCUT2D eigenvalue weighted by molar-refractivity contribution is 7.03. The molecule has 4 rings (SSSR count). The first kappa shape index (κ1) is 19.1. The maximum atomic E-state index is 12.8. The summed E-state index contributed by atoms with van der Waals surface area (Å²) in [6.45, 7) is 2.85. The van der Waals surface area contributed by atoms with Crippen molar-refractivity contribution in [2.45, 2.75) is 32.9 Å². The van der Waals surface area contributed by atoms with Gasteiger partial charge in [-0.15, -0.1) is 5.10 Å². The first-order valence-electron chi connectivity index (χ1n) is 9.26. The molecule has 0 unspecified atom stereocenters. The van der Waals surface area contributed by atoms with E-state index in [1.54, 1.807) is 17.1 Å². The molecule has 0 aliphatic carbocycles. The fourth-order valence-corrected chi connectivity index (χ4v) is 3.75. The molecule has 0 saturated heterocycles. The van der Waals surface area contributed by atoms with E-state index in [0.717, 1.165) is 18.4 Å². The van der Waals surface area contributed by atoms with Crippen LogP contribution in [-0.4, -0.2) is 35.8 Å². The normalized spacial score (nSPS) is 11.2. The van der Waals surface area contributed by atoms with Gasteiger partial charge in [-0.25, -0.2) is 9.78 Å². The molecule has 0 spiro atoms. The SMILES string of the molecule is CCCCn1c(=O)[nH]c(=O)c2c1nc(-c1csnn1)n2Cc1ccccc1OC. The second-order valence-electron chi connectivity index (χ2n) is 6.56. The molecule has 3 heterocycles. The highest BCUT2D eigenvalue weighted by atomic mass is 32.1. The van der Waals surface area contributed by atoms with E-state index in [-0.39, 0.29) is 0 Å². The van der Waals surface area contributed by atoms with Gasteiger partial charge in [0.15, 0.2) is 17.0 Å². The van der Waals surface area contributed by atoms with E-state index in [9.17, 15) is 9.59 Å². The molecule has 150 valence electrons. The Labute approximate surface area is 169 Å². The average molecular weight is 412 g/mol. The van der Waals surface area contributed by atoms with Crippen molar-refractivity contribution in [3.8, 4) is 17.3 Å². The summed E-state index contributed by atoms with van der Waals surface area (Å²) in [5.74, 6) is 1.19. The first-order valence-corrected chi connectivity index (χ1v) is 10.1. The van der Waals surface area contributed by atoms with Crippen LogP contribution < -0.4 is 16.0 Å². The average Bonchev–Trinajstić information content (AvgIpc) is 3.36. The van der Waals surface area contributed by atoms with Crippen molar-refractivity contribution in [2.24, 2.45) is 0 Å². The summed E-state index contributed by atoms with van der Waals surface area (Å²) < 4.78 is 12.7. The topological polar surface area (TPSA) is 108 Å². The number of H-pyrrole nitrogens is 1. The Morgan fingerprint density at radius 2 is 2.03 bits per heavy atom. The van der Waals surface area contributed by atoms with Gasteiger partial charge < -0.3 is 9.30 Å². The maximum absolute atomic E-state index is 12.8. The summed E-state index contributed by atoms with van der Waals surface area (Å²) in [7, 11) is 1.60. The number of unbranched alkanes of at least 4 members (excludes halogenated alkanes) is 1. The highest BCUT2D eigenvalue weighted by Crippen LogP contribution is 2.26. The molecule has 0 amide bonds. The minimum Gasteiger partial charge on any atom is -0.496 e. The zero-order valence-corrected chi connectivity index (χ0v) is 16.9. The summed E-state index contributed by atoms with van der Waals surface area (Å²) in [4.78, 5) is 32.3. The van der Waals surface area contributed by atoms with Gasteiger partial charge in [-0.3, -0.25) is 14.3 Å². The van der Waals surface area contributed by atoms with Gasteiger partial charge >= 0.3 is 5.69 Å². The van der Waals surface area contributed by atoms with Crippen LogP contribution >= 0.6 is 11.5 Å². The van der Waals surface area contributed by atoms with Crippen molar-refractivity contribution in [3.63, 3.8) is 0 Å². The smallest absolute Gasteiger partial charge is 0.330 e. The number of ether oxygens (including phenoxy) is 1. The summed E-state index contributed by atoms with van der Waals surface area (Å²) in [6.07, 6.45) is 1.71. The van der Waals surface area contributed by atoms with E-state index < -0.39 is 11.2 Å². The molecule has 0 fully saturated rings. The number of aryl methyl sites for hydroxylation is 1. The number of fused-ring (bicyclic) bond motifs is 1. The van der Waals surface area contributed by atoms with Crippen molar-refractivity contribution in [1.29, 1.82) is 0 Å². The standard InChI is InChI=1S/C19H20N6O3S/c1-3-4-9-24-17-15(18(26)21-19(24)27)25(16(20-17)13-11-29-23-22-13)10-12-7-5-6-8-14(12)28-2/h5-8,11H,3-4,9-10H2,1-2H3,(H,21,26,27). The van der Waals surface area contributed by atoms with Gasteiger partial charge in [0.25, 0.3) is 5.56 Å². The Morgan fingerprint density at radius 3 is 2.76 bits per heavy atom. The number of benzene rings is 1.